The monoisotopic (exact) mass is 210 g/mol. The predicted molar refractivity (Wildman–Crippen MR) is 55.3 cm³/mol. The number of rotatable bonds is 7. The van der Waals surface area contributed by atoms with E-state index in [-0.39, 0.29) is 0 Å². The van der Waals surface area contributed by atoms with Crippen molar-refractivity contribution in [3.63, 3.8) is 0 Å². The van der Waals surface area contributed by atoms with Crippen molar-refractivity contribution in [3.8, 4) is 0 Å². The van der Waals surface area contributed by atoms with Crippen molar-refractivity contribution in [2.45, 2.75) is 33.6 Å². The van der Waals surface area contributed by atoms with Crippen molar-refractivity contribution < 1.29 is 12.9 Å². The van der Waals surface area contributed by atoms with Crippen LogP contribution in [-0.2, 0) is 0 Å². The van der Waals surface area contributed by atoms with Gasteiger partial charge in [0.05, 0.1) is 0 Å². The Morgan fingerprint density at radius 2 is 1.57 bits per heavy atom. The second-order valence-corrected chi connectivity index (χ2v) is 3.75. The highest BCUT2D eigenvalue weighted by Gasteiger charge is 2.26. The van der Waals surface area contributed by atoms with E-state index in [1.807, 2.05) is 13.8 Å². The van der Waals surface area contributed by atoms with Crippen molar-refractivity contribution in [2.75, 3.05) is 19.5 Å². The SMILES string of the molecule is CCC(CC)CN(CC)C[B-](F)(F)F. The minimum atomic E-state index is -4.67. The summed E-state index contributed by atoms with van der Waals surface area (Å²) < 4.78 is 36.5. The lowest BCUT2D eigenvalue weighted by Crippen LogP contribution is -2.40. The Labute approximate surface area is 84.7 Å². The van der Waals surface area contributed by atoms with Crippen LogP contribution in [0, 0.1) is 5.92 Å². The molecular weight excluding hydrogens is 190 g/mol. The van der Waals surface area contributed by atoms with Crippen molar-refractivity contribution in [1.29, 1.82) is 0 Å². The van der Waals surface area contributed by atoms with Crippen LogP contribution in [0.5, 0.6) is 0 Å². The average molecular weight is 210 g/mol. The molecule has 0 aliphatic carbocycles. The molecule has 0 aromatic rings. The first-order valence-corrected chi connectivity index (χ1v) is 5.36. The Kier molecular flexibility index (Phi) is 6.24. The summed E-state index contributed by atoms with van der Waals surface area (Å²) in [5, 5.41) is 0. The van der Waals surface area contributed by atoms with Gasteiger partial charge in [-0.1, -0.05) is 33.6 Å². The van der Waals surface area contributed by atoms with E-state index >= 15 is 0 Å². The van der Waals surface area contributed by atoms with Gasteiger partial charge >= 0.3 is 6.98 Å². The highest BCUT2D eigenvalue weighted by molar-refractivity contribution is 6.58. The van der Waals surface area contributed by atoms with E-state index < -0.39 is 13.4 Å². The first kappa shape index (κ1) is 13.8. The number of halogens is 3. The van der Waals surface area contributed by atoms with Gasteiger partial charge in [0.2, 0.25) is 0 Å². The van der Waals surface area contributed by atoms with Gasteiger partial charge in [-0.2, -0.15) is 0 Å². The zero-order chi connectivity index (χ0) is 11.2. The molecule has 0 saturated heterocycles. The summed E-state index contributed by atoms with van der Waals surface area (Å²) >= 11 is 0. The third kappa shape index (κ3) is 6.30. The van der Waals surface area contributed by atoms with E-state index in [2.05, 4.69) is 0 Å². The van der Waals surface area contributed by atoms with Crippen LogP contribution in [0.3, 0.4) is 0 Å². The van der Waals surface area contributed by atoms with Crippen LogP contribution < -0.4 is 0 Å². The zero-order valence-electron chi connectivity index (χ0n) is 9.27. The van der Waals surface area contributed by atoms with Crippen LogP contribution in [0.25, 0.3) is 0 Å². The molecule has 0 unspecified atom stereocenters. The summed E-state index contributed by atoms with van der Waals surface area (Å²) in [4.78, 5) is 1.50. The van der Waals surface area contributed by atoms with Crippen molar-refractivity contribution in [3.05, 3.63) is 0 Å². The highest BCUT2D eigenvalue weighted by atomic mass is 19.4. The van der Waals surface area contributed by atoms with Gasteiger partial charge in [0.1, 0.15) is 0 Å². The van der Waals surface area contributed by atoms with E-state index in [4.69, 9.17) is 0 Å². The van der Waals surface area contributed by atoms with Gasteiger partial charge in [0.25, 0.3) is 0 Å². The molecule has 0 amide bonds. The smallest absolute Gasteiger partial charge is 0.448 e. The van der Waals surface area contributed by atoms with Gasteiger partial charge in [0, 0.05) is 0 Å². The Morgan fingerprint density at radius 1 is 1.07 bits per heavy atom. The summed E-state index contributed by atoms with van der Waals surface area (Å²) in [6.45, 7) is 2.23. The van der Waals surface area contributed by atoms with Crippen molar-refractivity contribution in [2.24, 2.45) is 5.92 Å². The van der Waals surface area contributed by atoms with Crippen LogP contribution in [0.2, 0.25) is 0 Å². The normalized spacial score (nSPS) is 12.9. The predicted octanol–water partition coefficient (Wildman–Crippen LogP) is 3.13. The van der Waals surface area contributed by atoms with E-state index in [0.29, 0.717) is 19.0 Å². The van der Waals surface area contributed by atoms with E-state index in [1.54, 1.807) is 6.92 Å². The molecule has 1 nitrogen and oxygen atoms in total. The highest BCUT2D eigenvalue weighted by Crippen LogP contribution is 2.14. The molecule has 0 atom stereocenters. The fraction of sp³-hybridized carbons (Fsp3) is 1.00. The largest absolute Gasteiger partial charge is 0.492 e. The molecule has 0 radical (unpaired) electrons. The molecule has 0 bridgehead atoms. The summed E-state index contributed by atoms with van der Waals surface area (Å²) in [7, 11) is 0. The van der Waals surface area contributed by atoms with Crippen molar-refractivity contribution >= 4 is 6.98 Å². The van der Waals surface area contributed by atoms with E-state index in [9.17, 15) is 12.9 Å². The number of nitrogens with zero attached hydrogens (tertiary/aromatic N) is 1. The topological polar surface area (TPSA) is 3.24 Å². The molecule has 0 heterocycles. The lowest BCUT2D eigenvalue weighted by atomic mass is 9.90. The van der Waals surface area contributed by atoms with Crippen LogP contribution >= 0.6 is 0 Å². The van der Waals surface area contributed by atoms with Gasteiger partial charge in [0.15, 0.2) is 0 Å². The average Bonchev–Trinajstić information content (AvgIpc) is 2.10. The third-order valence-corrected chi connectivity index (χ3v) is 2.58. The summed E-state index contributed by atoms with van der Waals surface area (Å²) in [6.07, 6.45) is 1.20. The van der Waals surface area contributed by atoms with Gasteiger partial charge in [-0.15, -0.1) is 0 Å². The van der Waals surface area contributed by atoms with E-state index in [0.717, 1.165) is 12.8 Å². The molecule has 0 aliphatic rings. The first-order valence-electron chi connectivity index (χ1n) is 5.36. The quantitative estimate of drug-likeness (QED) is 0.583. The van der Waals surface area contributed by atoms with Crippen molar-refractivity contribution in [1.82, 2.24) is 4.90 Å². The molecule has 0 rings (SSSR count). The number of hydrogen-bond donors (Lipinski definition) is 0. The lowest BCUT2D eigenvalue weighted by molar-refractivity contribution is 0.240. The minimum Gasteiger partial charge on any atom is -0.448 e. The maximum atomic E-state index is 12.2. The second-order valence-electron chi connectivity index (χ2n) is 3.75. The summed E-state index contributed by atoms with van der Waals surface area (Å²) in [5.41, 5.74) is 0. The van der Waals surface area contributed by atoms with Gasteiger partial charge in [-0.3, -0.25) is 0 Å². The Balaban J connectivity index is 4.01. The van der Waals surface area contributed by atoms with E-state index in [1.165, 1.54) is 4.90 Å². The Bertz CT molecular complexity index is 145. The summed E-state index contributed by atoms with van der Waals surface area (Å²) in [6, 6.07) is 0. The molecule has 86 valence electrons. The molecule has 5 heteroatoms. The molecule has 14 heavy (non-hydrogen) atoms. The standard InChI is InChI=1S/C9H20BF3N/c1-4-9(5-2)7-14(6-3)8-10(11,12)13/h9H,4-8H2,1-3H3/q-1. The molecule has 0 saturated carbocycles. The van der Waals surface area contributed by atoms with Gasteiger partial charge < -0.3 is 17.8 Å². The van der Waals surface area contributed by atoms with Crippen LogP contribution in [0.4, 0.5) is 12.9 Å². The molecule has 0 N–H and O–H groups in total. The second kappa shape index (κ2) is 6.33. The van der Waals surface area contributed by atoms with Gasteiger partial charge in [-0.25, -0.2) is 0 Å². The fourth-order valence-corrected chi connectivity index (χ4v) is 1.54. The molecule has 0 fully saturated rings. The van der Waals surface area contributed by atoms with Crippen LogP contribution in [-0.4, -0.2) is 31.4 Å². The van der Waals surface area contributed by atoms with Gasteiger partial charge in [-0.05, 0) is 25.5 Å². The van der Waals surface area contributed by atoms with Crippen LogP contribution in [0.15, 0.2) is 0 Å². The Hall–Kier alpha value is -0.185. The Morgan fingerprint density at radius 3 is 1.86 bits per heavy atom. The fourth-order valence-electron chi connectivity index (χ4n) is 1.54. The summed E-state index contributed by atoms with van der Waals surface area (Å²) in [5.74, 6) is 0.396. The molecular formula is C9H20BF3N-. The van der Waals surface area contributed by atoms with Crippen LogP contribution in [0.1, 0.15) is 33.6 Å². The number of hydrogen-bond acceptors (Lipinski definition) is 1. The lowest BCUT2D eigenvalue weighted by Gasteiger charge is -2.29. The molecule has 0 aromatic heterocycles. The zero-order valence-corrected chi connectivity index (χ0v) is 9.27. The maximum absolute atomic E-state index is 12.2. The maximum Gasteiger partial charge on any atom is 0.492 e. The first-order chi connectivity index (χ1) is 6.42. The molecule has 0 aromatic carbocycles. The third-order valence-electron chi connectivity index (χ3n) is 2.58. The molecule has 0 aliphatic heterocycles. The molecule has 0 spiro atoms. The minimum absolute atomic E-state index is 0.396.